The molecule has 0 amide bonds. The number of allylic oxidation sites excluding steroid dienone is 2. The topological polar surface area (TPSA) is 40.5 Å². The molecule has 0 unspecified atom stereocenters. The smallest absolute Gasteiger partial charge is 0.607 e. The number of rotatable bonds is 2. The van der Waals surface area contributed by atoms with Gasteiger partial charge in [0.05, 0.1) is 0 Å². The third kappa shape index (κ3) is 5.95. The minimum atomic E-state index is -0.118. The second-order valence-corrected chi connectivity index (χ2v) is 3.77. The summed E-state index contributed by atoms with van der Waals surface area (Å²) in [7, 11) is 0. The van der Waals surface area contributed by atoms with Gasteiger partial charge in [-0.25, -0.2) is 6.08 Å². The summed E-state index contributed by atoms with van der Waals surface area (Å²) in [5.74, 6) is 0. The first-order valence-electron chi connectivity index (χ1n) is 3.85. The average molecular weight is 352 g/mol. The predicted molar refractivity (Wildman–Crippen MR) is 48.8 cm³/mol. The first-order chi connectivity index (χ1) is 5.41. The molecule has 0 bridgehead atoms. The average Bonchev–Trinajstić information content (AvgIpc) is 1.97. The SMILES string of the molecule is CC(=[C-]O)/C=C(\[CH-]O)C(C)(C)C.[W+2]. The molecule has 0 radical (unpaired) electrons. The van der Waals surface area contributed by atoms with Gasteiger partial charge in [-0.3, -0.25) is 0 Å². The van der Waals surface area contributed by atoms with Gasteiger partial charge in [-0.15, -0.1) is 6.61 Å². The van der Waals surface area contributed by atoms with Crippen molar-refractivity contribution >= 4 is 0 Å². The Bertz CT molecular complexity index is 199. The fourth-order valence-corrected chi connectivity index (χ4v) is 0.713. The van der Waals surface area contributed by atoms with Crippen LogP contribution in [0.1, 0.15) is 27.7 Å². The molecule has 3 heteroatoms. The molecule has 0 aromatic rings. The summed E-state index contributed by atoms with van der Waals surface area (Å²) in [6, 6.07) is 0. The Kier molecular flexibility index (Phi) is 7.38. The molecule has 0 atom stereocenters. The van der Waals surface area contributed by atoms with E-state index in [4.69, 9.17) is 10.2 Å². The van der Waals surface area contributed by atoms with Gasteiger partial charge in [-0.05, 0) is 5.41 Å². The van der Waals surface area contributed by atoms with Crippen LogP contribution in [-0.4, -0.2) is 10.2 Å². The summed E-state index contributed by atoms with van der Waals surface area (Å²) in [6.45, 7) is 8.72. The molecule has 0 aromatic carbocycles. The molecule has 2 nitrogen and oxygen atoms in total. The van der Waals surface area contributed by atoms with Crippen molar-refractivity contribution in [2.24, 2.45) is 5.41 Å². The Morgan fingerprint density at radius 1 is 1.38 bits per heavy atom. The minimum Gasteiger partial charge on any atom is -0.607 e. The van der Waals surface area contributed by atoms with Gasteiger partial charge in [0.2, 0.25) is 0 Å². The van der Waals surface area contributed by atoms with Gasteiger partial charge in [-0.2, -0.15) is 11.1 Å². The van der Waals surface area contributed by atoms with Crippen LogP contribution in [0.15, 0.2) is 17.2 Å². The van der Waals surface area contributed by atoms with E-state index in [-0.39, 0.29) is 26.5 Å². The largest absolute Gasteiger partial charge is 2.00 e. The van der Waals surface area contributed by atoms with Gasteiger partial charge in [0.15, 0.2) is 0 Å². The van der Waals surface area contributed by atoms with Crippen LogP contribution in [0.5, 0.6) is 0 Å². The van der Waals surface area contributed by atoms with Crippen molar-refractivity contribution < 1.29 is 31.3 Å². The van der Waals surface area contributed by atoms with E-state index < -0.39 is 0 Å². The zero-order chi connectivity index (χ0) is 9.78. The third-order valence-electron chi connectivity index (χ3n) is 1.55. The summed E-state index contributed by atoms with van der Waals surface area (Å²) in [4.78, 5) is 0. The first-order valence-corrected chi connectivity index (χ1v) is 3.85. The number of aliphatic hydroxyl groups excluding tert-OH is 2. The van der Waals surface area contributed by atoms with E-state index in [1.807, 2.05) is 27.0 Å². The molecule has 2 N–H and O–H groups in total. The zero-order valence-electron chi connectivity index (χ0n) is 8.46. The quantitative estimate of drug-likeness (QED) is 0.456. The zero-order valence-corrected chi connectivity index (χ0v) is 11.4. The van der Waals surface area contributed by atoms with Gasteiger partial charge in [0.1, 0.15) is 0 Å². The maximum atomic E-state index is 8.89. The molecule has 0 spiro atoms. The van der Waals surface area contributed by atoms with Crippen LogP contribution in [0.3, 0.4) is 0 Å². The van der Waals surface area contributed by atoms with E-state index >= 15 is 0 Å². The summed E-state index contributed by atoms with van der Waals surface area (Å²) in [5.41, 5.74) is 1.25. The Labute approximate surface area is 94.6 Å². The predicted octanol–water partition coefficient (Wildman–Crippen LogP) is 2.76. The Morgan fingerprint density at radius 3 is 2.08 bits per heavy atom. The number of hydrogen-bond acceptors (Lipinski definition) is 2. The van der Waals surface area contributed by atoms with E-state index in [2.05, 4.69) is 0 Å². The van der Waals surface area contributed by atoms with Crippen LogP contribution >= 0.6 is 0 Å². The molecule has 0 saturated carbocycles. The molecular formula is C10H16O2W. The van der Waals surface area contributed by atoms with E-state index in [0.29, 0.717) is 5.57 Å². The van der Waals surface area contributed by atoms with Crippen molar-refractivity contribution in [3.8, 4) is 0 Å². The molecule has 0 aliphatic carbocycles. The summed E-state index contributed by atoms with van der Waals surface area (Å²) >= 11 is 0. The molecule has 0 rings (SSSR count). The minimum absolute atomic E-state index is 0. The monoisotopic (exact) mass is 352 g/mol. The number of hydrogen-bond donors (Lipinski definition) is 2. The van der Waals surface area contributed by atoms with Crippen molar-refractivity contribution in [3.05, 3.63) is 30.1 Å². The van der Waals surface area contributed by atoms with Crippen molar-refractivity contribution in [1.82, 2.24) is 0 Å². The Hall–Kier alpha value is -0.202. The third-order valence-corrected chi connectivity index (χ3v) is 1.55. The Morgan fingerprint density at radius 2 is 1.85 bits per heavy atom. The molecule has 0 saturated heterocycles. The van der Waals surface area contributed by atoms with Crippen molar-refractivity contribution in [2.45, 2.75) is 27.7 Å². The van der Waals surface area contributed by atoms with E-state index in [9.17, 15) is 0 Å². The summed E-state index contributed by atoms with van der Waals surface area (Å²) in [5, 5.41) is 17.4. The summed E-state index contributed by atoms with van der Waals surface area (Å²) in [6.07, 6.45) is 3.71. The van der Waals surface area contributed by atoms with E-state index in [1.54, 1.807) is 13.0 Å². The molecule has 0 fully saturated rings. The van der Waals surface area contributed by atoms with Gasteiger partial charge in [-0.1, -0.05) is 34.0 Å². The van der Waals surface area contributed by atoms with Gasteiger partial charge in [0.25, 0.3) is 0 Å². The van der Waals surface area contributed by atoms with Crippen LogP contribution in [0, 0.1) is 18.3 Å². The first kappa shape index (κ1) is 15.3. The number of aliphatic hydroxyl groups is 2. The van der Waals surface area contributed by atoms with Gasteiger partial charge >= 0.3 is 21.1 Å². The summed E-state index contributed by atoms with van der Waals surface area (Å²) < 4.78 is 0. The second-order valence-electron chi connectivity index (χ2n) is 3.77. The van der Waals surface area contributed by atoms with E-state index in [0.717, 1.165) is 12.2 Å². The van der Waals surface area contributed by atoms with Gasteiger partial charge < -0.3 is 10.2 Å². The standard InChI is InChI=1S/C10H16O2.W/c1-8(6-11)5-9(7-12)10(2,3)4;/h5,7,11-12H,1-4H3;/q-2;+2/b9-5+;. The molecule has 0 aliphatic rings. The molecular weight excluding hydrogens is 336 g/mol. The molecule has 13 heavy (non-hydrogen) atoms. The fourth-order valence-electron chi connectivity index (χ4n) is 0.713. The maximum absolute atomic E-state index is 8.89. The van der Waals surface area contributed by atoms with Crippen LogP contribution in [0.4, 0.5) is 0 Å². The van der Waals surface area contributed by atoms with Gasteiger partial charge in [0, 0.05) is 0 Å². The Balaban J connectivity index is 0. The molecule has 74 valence electrons. The molecule has 0 heterocycles. The van der Waals surface area contributed by atoms with Crippen molar-refractivity contribution in [2.75, 3.05) is 0 Å². The van der Waals surface area contributed by atoms with Crippen LogP contribution < -0.4 is 0 Å². The fraction of sp³-hybridized carbons (Fsp3) is 0.500. The normalized spacial score (nSPS) is 13.6. The van der Waals surface area contributed by atoms with Crippen LogP contribution in [0.25, 0.3) is 0 Å². The maximum Gasteiger partial charge on any atom is 2.00 e. The molecule has 0 aliphatic heterocycles. The second kappa shape index (κ2) is 6.28. The van der Waals surface area contributed by atoms with Crippen LogP contribution in [0.2, 0.25) is 0 Å². The van der Waals surface area contributed by atoms with Crippen molar-refractivity contribution in [1.29, 1.82) is 0 Å². The van der Waals surface area contributed by atoms with E-state index in [1.165, 1.54) is 0 Å². The van der Waals surface area contributed by atoms with Crippen LogP contribution in [-0.2, 0) is 21.1 Å². The van der Waals surface area contributed by atoms with Crippen molar-refractivity contribution in [3.63, 3.8) is 0 Å². The molecule has 0 aromatic heterocycles.